The molecule has 2 aromatic rings. The first-order valence-corrected chi connectivity index (χ1v) is 16.6. The van der Waals surface area contributed by atoms with Gasteiger partial charge in [-0.3, -0.25) is 14.1 Å². The molecule has 2 aliphatic heterocycles. The average Bonchev–Trinajstić information content (AvgIpc) is 3.27. The summed E-state index contributed by atoms with van der Waals surface area (Å²) in [7, 11) is -8.12. The number of nitrogens with one attached hydrogen (secondary N) is 1. The molecule has 4 rings (SSSR count). The van der Waals surface area contributed by atoms with E-state index in [2.05, 4.69) is 5.32 Å². The molecule has 12 nitrogen and oxygen atoms in total. The van der Waals surface area contributed by atoms with E-state index in [9.17, 15) is 35.8 Å². The first kappa shape index (κ1) is 32.8. The van der Waals surface area contributed by atoms with Crippen molar-refractivity contribution in [2.45, 2.75) is 30.6 Å². The fourth-order valence-electron chi connectivity index (χ4n) is 5.15. The number of allylic oxidation sites excluding steroid dienone is 6. The molecule has 0 fully saturated rings. The highest BCUT2D eigenvalue weighted by molar-refractivity contribution is 7.97. The van der Waals surface area contributed by atoms with Crippen molar-refractivity contribution in [1.82, 2.24) is 0 Å². The van der Waals surface area contributed by atoms with E-state index in [-0.39, 0.29) is 47.3 Å². The fourth-order valence-corrected chi connectivity index (χ4v) is 7.20. The Bertz CT molecular complexity index is 1810. The molecule has 44 heavy (non-hydrogen) atoms. The second-order valence-corrected chi connectivity index (χ2v) is 14.2. The molecule has 234 valence electrons. The summed E-state index contributed by atoms with van der Waals surface area (Å²) >= 11 is 0. The zero-order valence-corrected chi connectivity index (χ0v) is 25.7. The number of ketones is 2. The van der Waals surface area contributed by atoms with Gasteiger partial charge in [0.15, 0.2) is 5.78 Å². The molecule has 0 saturated heterocycles. The van der Waals surface area contributed by atoms with Gasteiger partial charge < -0.3 is 20.1 Å². The Balaban J connectivity index is 1.59. The quantitative estimate of drug-likeness (QED) is 0.214. The number of carbonyl (C=O) groups excluding carboxylic acids is 2. The Hall–Kier alpha value is -4.11. The van der Waals surface area contributed by atoms with Gasteiger partial charge in [0, 0.05) is 34.6 Å². The lowest BCUT2D eigenvalue weighted by molar-refractivity contribution is -0.143. The highest BCUT2D eigenvalue weighted by Crippen LogP contribution is 2.48. The van der Waals surface area contributed by atoms with Crippen LogP contribution in [0.1, 0.15) is 36.2 Å². The Morgan fingerprint density at radius 1 is 1.07 bits per heavy atom. The van der Waals surface area contributed by atoms with Crippen LogP contribution in [-0.4, -0.2) is 76.1 Å². The molecule has 0 amide bonds. The number of benzene rings is 2. The zero-order chi connectivity index (χ0) is 32.3. The molecule has 2 heterocycles. The van der Waals surface area contributed by atoms with Crippen molar-refractivity contribution in [3.63, 3.8) is 0 Å². The van der Waals surface area contributed by atoms with E-state index in [1.54, 1.807) is 30.4 Å². The monoisotopic (exact) mass is 644 g/mol. The third kappa shape index (κ3) is 7.16. The van der Waals surface area contributed by atoms with Crippen LogP contribution >= 0.6 is 0 Å². The summed E-state index contributed by atoms with van der Waals surface area (Å²) in [4.78, 5) is 37.0. The summed E-state index contributed by atoms with van der Waals surface area (Å²) in [6.45, 7) is 3.11. The molecule has 0 radical (unpaired) electrons. The number of hydrogen-bond acceptors (Lipinski definition) is 10. The van der Waals surface area contributed by atoms with Crippen molar-refractivity contribution in [3.05, 3.63) is 88.5 Å². The summed E-state index contributed by atoms with van der Waals surface area (Å²) in [5.74, 6) is -2.54. The van der Waals surface area contributed by atoms with E-state index < -0.39 is 49.5 Å². The van der Waals surface area contributed by atoms with Gasteiger partial charge >= 0.3 is 5.97 Å². The van der Waals surface area contributed by atoms with Crippen molar-refractivity contribution >= 4 is 48.9 Å². The van der Waals surface area contributed by atoms with E-state index in [1.165, 1.54) is 24.3 Å². The van der Waals surface area contributed by atoms with E-state index >= 15 is 0 Å². The van der Waals surface area contributed by atoms with Crippen LogP contribution in [0, 0.1) is 0 Å². The summed E-state index contributed by atoms with van der Waals surface area (Å²) in [6, 6.07) is 11.4. The van der Waals surface area contributed by atoms with E-state index in [0.29, 0.717) is 5.69 Å². The SMILES string of the molecule is CC1(C)C(=CC=CC=C2C(=O)c3ccccc3S2(=O)=O)N(CCCS(=O)(=O)O)c2ccc(NCC(=O)COCC(=O)O)cc21. The van der Waals surface area contributed by atoms with Gasteiger partial charge in [-0.2, -0.15) is 8.42 Å². The molecule has 0 saturated carbocycles. The van der Waals surface area contributed by atoms with Gasteiger partial charge in [-0.05, 0) is 54.5 Å². The predicted octanol–water partition coefficient (Wildman–Crippen LogP) is 3.14. The van der Waals surface area contributed by atoms with E-state index in [0.717, 1.165) is 16.9 Å². The summed E-state index contributed by atoms with van der Waals surface area (Å²) in [5, 5.41) is 11.7. The van der Waals surface area contributed by atoms with Gasteiger partial charge in [-0.1, -0.05) is 38.1 Å². The number of nitrogens with zero attached hydrogens (tertiary/aromatic N) is 1. The number of Topliss-reactive ketones (excluding diaryl/α,β-unsaturated/α-hetero) is 2. The molecule has 2 aliphatic rings. The number of ether oxygens (including phenoxy) is 1. The molecule has 0 spiro atoms. The normalized spacial score (nSPS) is 18.6. The Morgan fingerprint density at radius 2 is 1.77 bits per heavy atom. The molecule has 3 N–H and O–H groups in total. The number of sulfone groups is 1. The topological polar surface area (TPSA) is 184 Å². The number of hydrogen-bond donors (Lipinski definition) is 3. The third-order valence-electron chi connectivity index (χ3n) is 7.20. The molecule has 0 aliphatic carbocycles. The molecule has 0 atom stereocenters. The van der Waals surface area contributed by atoms with Crippen LogP contribution in [0.4, 0.5) is 11.4 Å². The summed E-state index contributed by atoms with van der Waals surface area (Å²) in [6.07, 6.45) is 6.19. The van der Waals surface area contributed by atoms with Crippen molar-refractivity contribution in [3.8, 4) is 0 Å². The maximum atomic E-state index is 12.9. The van der Waals surface area contributed by atoms with Gasteiger partial charge in [0.05, 0.1) is 17.2 Å². The first-order valence-electron chi connectivity index (χ1n) is 13.5. The number of fused-ring (bicyclic) bond motifs is 2. The van der Waals surface area contributed by atoms with Gasteiger partial charge in [0.25, 0.3) is 10.1 Å². The van der Waals surface area contributed by atoms with Crippen LogP contribution < -0.4 is 10.2 Å². The Kier molecular flexibility index (Phi) is 9.59. The number of carboxylic acids is 1. The highest BCUT2D eigenvalue weighted by Gasteiger charge is 2.40. The summed E-state index contributed by atoms with van der Waals surface area (Å²) < 4.78 is 62.6. The predicted molar refractivity (Wildman–Crippen MR) is 163 cm³/mol. The second kappa shape index (κ2) is 12.9. The minimum Gasteiger partial charge on any atom is -0.480 e. The highest BCUT2D eigenvalue weighted by atomic mass is 32.2. The number of aliphatic carboxylic acids is 1. The Labute approximate surface area is 255 Å². The fraction of sp³-hybridized carbons (Fsp3) is 0.300. The molecular formula is C30H32N2O10S2. The smallest absolute Gasteiger partial charge is 0.329 e. The number of carboxylic acid groups (broad SMARTS) is 1. The van der Waals surface area contributed by atoms with Crippen LogP contribution in [0.25, 0.3) is 0 Å². The average molecular weight is 645 g/mol. The van der Waals surface area contributed by atoms with E-state index in [4.69, 9.17) is 9.84 Å². The van der Waals surface area contributed by atoms with Crippen LogP contribution in [0.3, 0.4) is 0 Å². The van der Waals surface area contributed by atoms with E-state index in [1.807, 2.05) is 30.9 Å². The van der Waals surface area contributed by atoms with Crippen LogP contribution in [0.15, 0.2) is 82.3 Å². The molecular weight excluding hydrogens is 612 g/mol. The maximum absolute atomic E-state index is 12.9. The largest absolute Gasteiger partial charge is 0.480 e. The van der Waals surface area contributed by atoms with Crippen LogP contribution in [0.5, 0.6) is 0 Å². The molecule has 0 aromatic heterocycles. The second-order valence-electron chi connectivity index (χ2n) is 10.7. The lowest BCUT2D eigenvalue weighted by Gasteiger charge is -2.27. The Morgan fingerprint density at radius 3 is 2.45 bits per heavy atom. The van der Waals surface area contributed by atoms with Crippen molar-refractivity contribution < 1.29 is 45.6 Å². The number of carbonyl (C=O) groups is 3. The van der Waals surface area contributed by atoms with Crippen molar-refractivity contribution in [1.29, 1.82) is 0 Å². The van der Waals surface area contributed by atoms with Gasteiger partial charge in [-0.25, -0.2) is 13.2 Å². The maximum Gasteiger partial charge on any atom is 0.329 e. The molecule has 2 aromatic carbocycles. The number of anilines is 2. The molecule has 14 heteroatoms. The van der Waals surface area contributed by atoms with Gasteiger partial charge in [0.2, 0.25) is 15.6 Å². The van der Waals surface area contributed by atoms with Crippen LogP contribution in [0.2, 0.25) is 0 Å². The zero-order valence-electron chi connectivity index (χ0n) is 24.0. The standard InChI is InChI=1S/C30H32N2O10S2/c1-30(2)23-16-20(31-17-21(33)18-42-19-28(34)35)12-13-24(23)32(14-7-15-43(37,38)39)27(30)11-6-5-10-26-29(36)22-8-3-4-9-25(22)44(26,40)41/h3-6,8-13,16,31H,7,14-15,17-19H2,1-2H3,(H,34,35)(H,37,38,39). The third-order valence-corrected chi connectivity index (χ3v) is 9.84. The van der Waals surface area contributed by atoms with Crippen molar-refractivity contribution in [2.75, 3.05) is 42.3 Å². The van der Waals surface area contributed by atoms with Crippen LogP contribution in [-0.2, 0) is 39.7 Å². The first-order chi connectivity index (χ1) is 20.6. The van der Waals surface area contributed by atoms with Gasteiger partial charge in [0.1, 0.15) is 18.1 Å². The lowest BCUT2D eigenvalue weighted by Crippen LogP contribution is -2.28. The minimum atomic E-state index is -4.18. The van der Waals surface area contributed by atoms with Gasteiger partial charge in [-0.15, -0.1) is 0 Å². The molecule has 0 bridgehead atoms. The lowest BCUT2D eigenvalue weighted by atomic mass is 9.83. The molecule has 0 unspecified atom stereocenters. The minimum absolute atomic E-state index is 0.0284. The van der Waals surface area contributed by atoms with Crippen molar-refractivity contribution in [2.24, 2.45) is 0 Å². The number of rotatable bonds is 13. The summed E-state index contributed by atoms with van der Waals surface area (Å²) in [5.41, 5.74) is 2.48.